The molecule has 1 fully saturated rings. The predicted octanol–water partition coefficient (Wildman–Crippen LogP) is 2.51. The summed E-state index contributed by atoms with van der Waals surface area (Å²) in [6.45, 7) is 12.3. The molecule has 1 unspecified atom stereocenters. The van der Waals surface area contributed by atoms with Crippen molar-refractivity contribution in [1.29, 1.82) is 0 Å². The molecule has 0 aliphatic carbocycles. The van der Waals surface area contributed by atoms with Crippen LogP contribution in [-0.4, -0.2) is 46.9 Å². The van der Waals surface area contributed by atoms with Gasteiger partial charge in [-0.3, -0.25) is 9.69 Å². The first-order valence-electron chi connectivity index (χ1n) is 6.98. The smallest absolute Gasteiger partial charge is 0.237 e. The van der Waals surface area contributed by atoms with Gasteiger partial charge in [-0.1, -0.05) is 6.42 Å². The van der Waals surface area contributed by atoms with E-state index in [1.165, 1.54) is 19.3 Å². The number of carbonyl (C=O) groups is 1. The third-order valence-corrected chi connectivity index (χ3v) is 3.68. The highest BCUT2D eigenvalue weighted by Crippen LogP contribution is 2.17. The van der Waals surface area contributed by atoms with Crippen molar-refractivity contribution >= 4 is 5.91 Å². The molecule has 17 heavy (non-hydrogen) atoms. The molecular formula is C14H28N2O. The molecule has 1 amide bonds. The molecule has 1 aliphatic rings. The van der Waals surface area contributed by atoms with E-state index in [-0.39, 0.29) is 5.91 Å². The first-order chi connectivity index (χ1) is 7.93. The van der Waals surface area contributed by atoms with Crippen LogP contribution in [-0.2, 0) is 4.79 Å². The van der Waals surface area contributed by atoms with Crippen molar-refractivity contribution < 1.29 is 4.79 Å². The summed E-state index contributed by atoms with van der Waals surface area (Å²) < 4.78 is 0. The van der Waals surface area contributed by atoms with Crippen molar-refractivity contribution in [2.75, 3.05) is 13.1 Å². The highest BCUT2D eigenvalue weighted by Gasteiger charge is 2.25. The maximum atomic E-state index is 12.3. The number of carbonyl (C=O) groups excluding carboxylic acids is 1. The van der Waals surface area contributed by atoms with Crippen LogP contribution < -0.4 is 0 Å². The zero-order valence-corrected chi connectivity index (χ0v) is 12.1. The maximum absolute atomic E-state index is 12.3. The van der Waals surface area contributed by atoms with E-state index in [1.807, 2.05) is 4.90 Å². The van der Waals surface area contributed by atoms with Crippen LogP contribution in [0.4, 0.5) is 0 Å². The molecule has 1 saturated heterocycles. The van der Waals surface area contributed by atoms with Crippen LogP contribution in [0.3, 0.4) is 0 Å². The molecule has 0 aromatic heterocycles. The van der Waals surface area contributed by atoms with Gasteiger partial charge in [0.1, 0.15) is 0 Å². The third-order valence-electron chi connectivity index (χ3n) is 3.68. The van der Waals surface area contributed by atoms with E-state index >= 15 is 0 Å². The van der Waals surface area contributed by atoms with Crippen molar-refractivity contribution in [2.24, 2.45) is 0 Å². The Morgan fingerprint density at radius 2 is 1.82 bits per heavy atom. The van der Waals surface area contributed by atoms with Crippen molar-refractivity contribution in [2.45, 2.75) is 72.0 Å². The van der Waals surface area contributed by atoms with E-state index < -0.39 is 0 Å². The summed E-state index contributed by atoms with van der Waals surface area (Å²) in [4.78, 5) is 16.7. The normalized spacial score (nSPS) is 22.2. The molecule has 0 aromatic rings. The molecule has 100 valence electrons. The van der Waals surface area contributed by atoms with Crippen molar-refractivity contribution in [3.63, 3.8) is 0 Å². The van der Waals surface area contributed by atoms with Crippen LogP contribution in [0.1, 0.15) is 53.9 Å². The van der Waals surface area contributed by atoms with Crippen LogP contribution >= 0.6 is 0 Å². The van der Waals surface area contributed by atoms with E-state index in [1.54, 1.807) is 0 Å². The lowest BCUT2D eigenvalue weighted by Gasteiger charge is -2.37. The summed E-state index contributed by atoms with van der Waals surface area (Å²) in [7, 11) is 0. The van der Waals surface area contributed by atoms with Crippen molar-refractivity contribution in [1.82, 2.24) is 9.80 Å². The number of nitrogens with zero attached hydrogens (tertiary/aromatic N) is 2. The fourth-order valence-electron chi connectivity index (χ4n) is 2.82. The Kier molecular flexibility index (Phi) is 5.44. The zero-order valence-electron chi connectivity index (χ0n) is 12.1. The van der Waals surface area contributed by atoms with E-state index in [0.29, 0.717) is 24.7 Å². The Balaban J connectivity index is 2.56. The Morgan fingerprint density at radius 1 is 1.24 bits per heavy atom. The van der Waals surface area contributed by atoms with Gasteiger partial charge in [0, 0.05) is 18.1 Å². The van der Waals surface area contributed by atoms with Crippen LogP contribution in [0, 0.1) is 0 Å². The second kappa shape index (κ2) is 6.39. The number of piperidine rings is 1. The van der Waals surface area contributed by atoms with E-state index in [4.69, 9.17) is 0 Å². The van der Waals surface area contributed by atoms with Crippen LogP contribution in [0.2, 0.25) is 0 Å². The van der Waals surface area contributed by atoms with Crippen molar-refractivity contribution in [3.8, 4) is 0 Å². The van der Waals surface area contributed by atoms with Crippen LogP contribution in [0.5, 0.6) is 0 Å². The van der Waals surface area contributed by atoms with Gasteiger partial charge in [-0.2, -0.15) is 0 Å². The molecule has 1 heterocycles. The molecule has 0 bridgehead atoms. The van der Waals surface area contributed by atoms with Crippen LogP contribution in [0.15, 0.2) is 0 Å². The molecule has 1 aliphatic heterocycles. The fourth-order valence-corrected chi connectivity index (χ4v) is 2.82. The molecule has 1 atom stereocenters. The average molecular weight is 240 g/mol. The van der Waals surface area contributed by atoms with Crippen molar-refractivity contribution in [3.05, 3.63) is 0 Å². The van der Waals surface area contributed by atoms with Gasteiger partial charge in [-0.25, -0.2) is 0 Å². The number of rotatable bonds is 4. The number of hydrogen-bond donors (Lipinski definition) is 0. The van der Waals surface area contributed by atoms with Gasteiger partial charge >= 0.3 is 0 Å². The molecular weight excluding hydrogens is 212 g/mol. The van der Waals surface area contributed by atoms with Gasteiger partial charge in [0.25, 0.3) is 0 Å². The third kappa shape index (κ3) is 3.98. The molecule has 3 heteroatoms. The summed E-state index contributed by atoms with van der Waals surface area (Å²) in [5.74, 6) is 0.281. The van der Waals surface area contributed by atoms with Gasteiger partial charge in [-0.15, -0.1) is 0 Å². The summed E-state index contributed by atoms with van der Waals surface area (Å²) in [6, 6.07) is 1.15. The first kappa shape index (κ1) is 14.5. The maximum Gasteiger partial charge on any atom is 0.237 e. The number of amides is 1. The average Bonchev–Trinajstić information content (AvgIpc) is 2.20. The molecule has 3 nitrogen and oxygen atoms in total. The van der Waals surface area contributed by atoms with Gasteiger partial charge in [0.05, 0.1) is 6.54 Å². The minimum Gasteiger partial charge on any atom is -0.337 e. The second-order valence-corrected chi connectivity index (χ2v) is 5.80. The fraction of sp³-hybridized carbons (Fsp3) is 0.929. The summed E-state index contributed by atoms with van der Waals surface area (Å²) in [5.41, 5.74) is 0. The lowest BCUT2D eigenvalue weighted by atomic mass is 10.0. The summed E-state index contributed by atoms with van der Waals surface area (Å²) in [5, 5.41) is 0. The first-order valence-corrected chi connectivity index (χ1v) is 6.98. The second-order valence-electron chi connectivity index (χ2n) is 5.80. The quantitative estimate of drug-likeness (QED) is 0.754. The summed E-state index contributed by atoms with van der Waals surface area (Å²) >= 11 is 0. The highest BCUT2D eigenvalue weighted by atomic mass is 16.2. The Labute approximate surface area is 106 Å². The lowest BCUT2D eigenvalue weighted by Crippen LogP contribution is -2.49. The van der Waals surface area contributed by atoms with E-state index in [9.17, 15) is 4.79 Å². The zero-order chi connectivity index (χ0) is 13.0. The Hall–Kier alpha value is -0.570. The van der Waals surface area contributed by atoms with E-state index in [0.717, 1.165) is 6.54 Å². The SMILES string of the molecule is CC1CCCCN1CC(=O)N(C(C)C)C(C)C. The molecule has 0 radical (unpaired) electrons. The molecule has 0 saturated carbocycles. The van der Waals surface area contributed by atoms with Gasteiger partial charge in [0.15, 0.2) is 0 Å². The number of hydrogen-bond acceptors (Lipinski definition) is 2. The highest BCUT2D eigenvalue weighted by molar-refractivity contribution is 5.78. The van der Waals surface area contributed by atoms with Gasteiger partial charge in [0.2, 0.25) is 5.91 Å². The lowest BCUT2D eigenvalue weighted by molar-refractivity contribution is -0.136. The van der Waals surface area contributed by atoms with E-state index in [2.05, 4.69) is 39.5 Å². The number of likely N-dealkylation sites (tertiary alicyclic amines) is 1. The monoisotopic (exact) mass is 240 g/mol. The standard InChI is InChI=1S/C14H28N2O/c1-11(2)16(12(3)4)14(17)10-15-9-7-6-8-13(15)5/h11-13H,6-10H2,1-5H3. The molecule has 0 spiro atoms. The largest absolute Gasteiger partial charge is 0.337 e. The minimum atomic E-state index is 0.281. The Morgan fingerprint density at radius 3 is 2.29 bits per heavy atom. The molecule has 1 rings (SSSR count). The minimum absolute atomic E-state index is 0.281. The summed E-state index contributed by atoms with van der Waals surface area (Å²) in [6.07, 6.45) is 3.78. The Bertz CT molecular complexity index is 243. The van der Waals surface area contributed by atoms with Crippen LogP contribution in [0.25, 0.3) is 0 Å². The molecule has 0 N–H and O–H groups in total. The topological polar surface area (TPSA) is 23.6 Å². The van der Waals surface area contributed by atoms with Gasteiger partial charge in [-0.05, 0) is 54.0 Å². The van der Waals surface area contributed by atoms with Gasteiger partial charge < -0.3 is 4.90 Å². The predicted molar refractivity (Wildman–Crippen MR) is 72.0 cm³/mol. The molecule has 0 aromatic carbocycles.